The molecule has 15 heavy (non-hydrogen) atoms. The Hall–Kier alpha value is -0.580. The fourth-order valence-electron chi connectivity index (χ4n) is 1.63. The van der Waals surface area contributed by atoms with Crippen LogP contribution < -0.4 is 10.6 Å². The Bertz CT molecular complexity index is 334. The van der Waals surface area contributed by atoms with E-state index in [0.29, 0.717) is 6.04 Å². The number of halogens is 1. The lowest BCUT2D eigenvalue weighted by atomic mass is 10.2. The molecule has 3 nitrogen and oxygen atoms in total. The van der Waals surface area contributed by atoms with Gasteiger partial charge in [-0.15, -0.1) is 23.7 Å². The maximum Gasteiger partial charge on any atom is 0.261 e. The van der Waals surface area contributed by atoms with E-state index >= 15 is 0 Å². The highest BCUT2D eigenvalue weighted by Crippen LogP contribution is 2.15. The lowest BCUT2D eigenvalue weighted by Gasteiger charge is -2.10. The monoisotopic (exact) mass is 246 g/mol. The highest BCUT2D eigenvalue weighted by Gasteiger charge is 2.18. The Morgan fingerprint density at radius 2 is 2.47 bits per heavy atom. The second-order valence-corrected chi connectivity index (χ2v) is 4.51. The van der Waals surface area contributed by atoms with E-state index in [-0.39, 0.29) is 18.3 Å². The average molecular weight is 247 g/mol. The zero-order valence-corrected chi connectivity index (χ0v) is 10.2. The van der Waals surface area contributed by atoms with Crippen molar-refractivity contribution in [2.45, 2.75) is 19.4 Å². The molecule has 0 bridgehead atoms. The summed E-state index contributed by atoms with van der Waals surface area (Å²) in [4.78, 5) is 12.6. The number of carbonyl (C=O) groups excluding carboxylic acids is 1. The molecule has 0 unspecified atom stereocenters. The molecule has 1 saturated heterocycles. The van der Waals surface area contributed by atoms with Gasteiger partial charge in [0.2, 0.25) is 0 Å². The van der Waals surface area contributed by atoms with Gasteiger partial charge in [-0.3, -0.25) is 4.79 Å². The third-order valence-electron chi connectivity index (χ3n) is 2.46. The van der Waals surface area contributed by atoms with Crippen LogP contribution >= 0.6 is 23.7 Å². The van der Waals surface area contributed by atoms with E-state index in [4.69, 9.17) is 0 Å². The summed E-state index contributed by atoms with van der Waals surface area (Å²) in [6.07, 6.45) is 1.04. The quantitative estimate of drug-likeness (QED) is 0.832. The minimum atomic E-state index is 0. The highest BCUT2D eigenvalue weighted by atomic mass is 35.5. The number of hydrogen-bond donors (Lipinski definition) is 2. The van der Waals surface area contributed by atoms with E-state index in [9.17, 15) is 4.79 Å². The van der Waals surface area contributed by atoms with Crippen LogP contribution in [0.25, 0.3) is 0 Å². The smallest absolute Gasteiger partial charge is 0.261 e. The highest BCUT2D eigenvalue weighted by molar-refractivity contribution is 7.12. The van der Waals surface area contributed by atoms with E-state index in [1.165, 1.54) is 11.3 Å². The molecule has 2 heterocycles. The van der Waals surface area contributed by atoms with Crippen LogP contribution in [0.3, 0.4) is 0 Å². The predicted octanol–water partition coefficient (Wildman–Crippen LogP) is 1.57. The maximum atomic E-state index is 11.8. The van der Waals surface area contributed by atoms with E-state index in [0.717, 1.165) is 30.0 Å². The molecule has 1 atom stereocenters. The molecule has 0 aliphatic carbocycles. The fraction of sp³-hybridized carbons (Fsp3) is 0.500. The Labute approximate surface area is 99.7 Å². The molecular formula is C10H15ClN2OS. The first-order valence-corrected chi connectivity index (χ1v) is 5.71. The third kappa shape index (κ3) is 2.93. The zero-order valence-electron chi connectivity index (χ0n) is 8.58. The number of aryl methyl sites for hydroxylation is 1. The molecule has 0 radical (unpaired) electrons. The van der Waals surface area contributed by atoms with Crippen LogP contribution in [-0.4, -0.2) is 25.0 Å². The van der Waals surface area contributed by atoms with Gasteiger partial charge in [-0.2, -0.15) is 0 Å². The summed E-state index contributed by atoms with van der Waals surface area (Å²) in [7, 11) is 0. The first-order chi connectivity index (χ1) is 6.77. The van der Waals surface area contributed by atoms with Gasteiger partial charge >= 0.3 is 0 Å². The number of thiophene rings is 1. The third-order valence-corrected chi connectivity index (χ3v) is 3.48. The summed E-state index contributed by atoms with van der Waals surface area (Å²) >= 11 is 1.51. The van der Waals surface area contributed by atoms with E-state index in [1.54, 1.807) is 0 Å². The van der Waals surface area contributed by atoms with Gasteiger partial charge in [0.15, 0.2) is 0 Å². The SMILES string of the molecule is Cc1ccsc1C(=O)N[C@@H]1CCNC1.Cl. The number of hydrogen-bond acceptors (Lipinski definition) is 3. The minimum Gasteiger partial charge on any atom is -0.347 e. The summed E-state index contributed by atoms with van der Waals surface area (Å²) in [6, 6.07) is 2.29. The lowest BCUT2D eigenvalue weighted by Crippen LogP contribution is -2.36. The lowest BCUT2D eigenvalue weighted by molar-refractivity contribution is 0.0943. The standard InChI is InChI=1S/C10H14N2OS.ClH/c1-7-3-5-14-9(7)10(13)12-8-2-4-11-6-8;/h3,5,8,11H,2,4,6H2,1H3,(H,12,13);1H/t8-;/m1./s1. The van der Waals surface area contributed by atoms with Gasteiger partial charge in [0.25, 0.3) is 5.91 Å². The van der Waals surface area contributed by atoms with Crippen LogP contribution in [-0.2, 0) is 0 Å². The van der Waals surface area contributed by atoms with Crippen LogP contribution in [0.2, 0.25) is 0 Å². The topological polar surface area (TPSA) is 41.1 Å². The summed E-state index contributed by atoms with van der Waals surface area (Å²) in [5.41, 5.74) is 1.07. The van der Waals surface area contributed by atoms with Crippen LogP contribution in [0.5, 0.6) is 0 Å². The molecule has 1 aromatic heterocycles. The Morgan fingerprint density at radius 3 is 3.00 bits per heavy atom. The first kappa shape index (κ1) is 12.5. The molecule has 0 aromatic carbocycles. The summed E-state index contributed by atoms with van der Waals surface area (Å²) in [5.74, 6) is 0.0752. The number of amides is 1. The summed E-state index contributed by atoms with van der Waals surface area (Å²) < 4.78 is 0. The average Bonchev–Trinajstić information content (AvgIpc) is 2.75. The van der Waals surface area contributed by atoms with Crippen molar-refractivity contribution < 1.29 is 4.79 Å². The van der Waals surface area contributed by atoms with Crippen molar-refractivity contribution in [1.82, 2.24) is 10.6 Å². The molecule has 84 valence electrons. The van der Waals surface area contributed by atoms with Crippen molar-refractivity contribution >= 4 is 29.7 Å². The van der Waals surface area contributed by atoms with Gasteiger partial charge < -0.3 is 10.6 Å². The van der Waals surface area contributed by atoms with Crippen LogP contribution in [0, 0.1) is 6.92 Å². The van der Waals surface area contributed by atoms with Gasteiger partial charge in [-0.25, -0.2) is 0 Å². The second kappa shape index (κ2) is 5.49. The van der Waals surface area contributed by atoms with E-state index in [2.05, 4.69) is 10.6 Å². The van der Waals surface area contributed by atoms with Gasteiger partial charge in [0.1, 0.15) is 0 Å². The molecule has 0 spiro atoms. The molecule has 2 N–H and O–H groups in total. The molecular weight excluding hydrogens is 232 g/mol. The van der Waals surface area contributed by atoms with E-state index < -0.39 is 0 Å². The fourth-order valence-corrected chi connectivity index (χ4v) is 2.46. The number of nitrogens with one attached hydrogen (secondary N) is 2. The van der Waals surface area contributed by atoms with Crippen molar-refractivity contribution in [3.8, 4) is 0 Å². The summed E-state index contributed by atoms with van der Waals surface area (Å²) in [5, 5.41) is 8.21. The largest absolute Gasteiger partial charge is 0.347 e. The molecule has 1 aromatic rings. The molecule has 1 fully saturated rings. The van der Waals surface area contributed by atoms with Crippen LogP contribution in [0.4, 0.5) is 0 Å². The van der Waals surface area contributed by atoms with Gasteiger partial charge in [-0.05, 0) is 36.9 Å². The van der Waals surface area contributed by atoms with Gasteiger partial charge in [0, 0.05) is 12.6 Å². The maximum absolute atomic E-state index is 11.8. The number of carbonyl (C=O) groups is 1. The molecule has 1 aliphatic heterocycles. The molecule has 5 heteroatoms. The Kier molecular flexibility index (Phi) is 4.57. The predicted molar refractivity (Wildman–Crippen MR) is 65.0 cm³/mol. The Balaban J connectivity index is 0.00000112. The molecule has 1 amide bonds. The van der Waals surface area contributed by atoms with Gasteiger partial charge in [-0.1, -0.05) is 0 Å². The first-order valence-electron chi connectivity index (χ1n) is 4.83. The van der Waals surface area contributed by atoms with Crippen LogP contribution in [0.1, 0.15) is 21.7 Å². The van der Waals surface area contributed by atoms with Crippen molar-refractivity contribution in [3.05, 3.63) is 21.9 Å². The Morgan fingerprint density at radius 1 is 1.67 bits per heavy atom. The normalized spacial score (nSPS) is 19.7. The van der Waals surface area contributed by atoms with Crippen molar-refractivity contribution in [2.75, 3.05) is 13.1 Å². The second-order valence-electron chi connectivity index (χ2n) is 3.60. The van der Waals surface area contributed by atoms with Gasteiger partial charge in [0.05, 0.1) is 4.88 Å². The van der Waals surface area contributed by atoms with Crippen molar-refractivity contribution in [2.24, 2.45) is 0 Å². The van der Waals surface area contributed by atoms with Crippen LogP contribution in [0.15, 0.2) is 11.4 Å². The zero-order chi connectivity index (χ0) is 9.97. The molecule has 1 aliphatic rings. The van der Waals surface area contributed by atoms with Crippen molar-refractivity contribution in [1.29, 1.82) is 0 Å². The minimum absolute atomic E-state index is 0. The van der Waals surface area contributed by atoms with Crippen molar-refractivity contribution in [3.63, 3.8) is 0 Å². The summed E-state index contributed by atoms with van der Waals surface area (Å²) in [6.45, 7) is 3.88. The molecule has 2 rings (SSSR count). The van der Waals surface area contributed by atoms with E-state index in [1.807, 2.05) is 18.4 Å². The molecule has 0 saturated carbocycles. The number of rotatable bonds is 2.